The van der Waals surface area contributed by atoms with Crippen LogP contribution in [0.4, 0.5) is 13.2 Å². The lowest BCUT2D eigenvalue weighted by Gasteiger charge is -2.32. The van der Waals surface area contributed by atoms with Crippen LogP contribution in [0.15, 0.2) is 29.2 Å². The Labute approximate surface area is 144 Å². The Bertz CT molecular complexity index is 693. The molecule has 0 atom stereocenters. The first kappa shape index (κ1) is 19.6. The van der Waals surface area contributed by atoms with Gasteiger partial charge in [-0.1, -0.05) is 0 Å². The standard InChI is InChI=1S/C16H20F3NO4S/c1-24-12-2-4-13(5-3-12)25(22,23)14-7-10-20(11-8-14)15(21)6-9-16(17,18)19/h2-5,14H,6-11H2,1H3. The molecule has 1 heterocycles. The number of hydrogen-bond donors (Lipinski definition) is 0. The second kappa shape index (κ2) is 7.63. The number of nitrogens with zero attached hydrogens (tertiary/aromatic N) is 1. The number of carbonyl (C=O) groups excluding carboxylic acids is 1. The van der Waals surface area contributed by atoms with Gasteiger partial charge in [-0.25, -0.2) is 8.42 Å². The van der Waals surface area contributed by atoms with E-state index in [1.54, 1.807) is 12.1 Å². The molecule has 1 fully saturated rings. The number of piperidine rings is 1. The minimum absolute atomic E-state index is 0.150. The molecule has 1 aliphatic rings. The zero-order valence-corrected chi connectivity index (χ0v) is 14.6. The van der Waals surface area contributed by atoms with Crippen molar-refractivity contribution in [3.05, 3.63) is 24.3 Å². The van der Waals surface area contributed by atoms with Gasteiger partial charge in [0.1, 0.15) is 5.75 Å². The number of carbonyl (C=O) groups is 1. The first-order valence-corrected chi connectivity index (χ1v) is 9.40. The van der Waals surface area contributed by atoms with Gasteiger partial charge >= 0.3 is 6.18 Å². The van der Waals surface area contributed by atoms with Gasteiger partial charge in [-0.15, -0.1) is 0 Å². The zero-order valence-electron chi connectivity index (χ0n) is 13.8. The molecule has 2 rings (SSSR count). The molecule has 0 spiro atoms. The third kappa shape index (κ3) is 5.10. The van der Waals surface area contributed by atoms with E-state index in [1.807, 2.05) is 0 Å². The van der Waals surface area contributed by atoms with Gasteiger partial charge in [0.15, 0.2) is 9.84 Å². The van der Waals surface area contributed by atoms with E-state index in [0.29, 0.717) is 5.75 Å². The Balaban J connectivity index is 1.95. The molecular weight excluding hydrogens is 359 g/mol. The summed E-state index contributed by atoms with van der Waals surface area (Å²) in [6.45, 7) is 0.299. The molecule has 1 aliphatic heterocycles. The van der Waals surface area contributed by atoms with E-state index in [9.17, 15) is 26.4 Å². The minimum atomic E-state index is -4.37. The van der Waals surface area contributed by atoms with Crippen molar-refractivity contribution >= 4 is 15.7 Å². The normalized spacial score (nSPS) is 16.7. The molecule has 5 nitrogen and oxygen atoms in total. The molecule has 0 aliphatic carbocycles. The van der Waals surface area contributed by atoms with Crippen LogP contribution >= 0.6 is 0 Å². The van der Waals surface area contributed by atoms with Crippen molar-refractivity contribution < 1.29 is 31.1 Å². The Kier molecular flexibility index (Phi) is 5.97. The lowest BCUT2D eigenvalue weighted by atomic mass is 10.1. The van der Waals surface area contributed by atoms with Crippen LogP contribution in [0.1, 0.15) is 25.7 Å². The van der Waals surface area contributed by atoms with E-state index in [2.05, 4.69) is 0 Å². The van der Waals surface area contributed by atoms with Gasteiger partial charge in [0.2, 0.25) is 5.91 Å². The SMILES string of the molecule is COc1ccc(S(=O)(=O)C2CCN(C(=O)CCC(F)(F)F)CC2)cc1. The van der Waals surface area contributed by atoms with Crippen LogP contribution in [0.25, 0.3) is 0 Å². The summed E-state index contributed by atoms with van der Waals surface area (Å²) in [5, 5.41) is -0.646. The Morgan fingerprint density at radius 1 is 1.20 bits per heavy atom. The lowest BCUT2D eigenvalue weighted by Crippen LogP contribution is -2.42. The van der Waals surface area contributed by atoms with E-state index in [1.165, 1.54) is 24.1 Å². The molecule has 140 valence electrons. The van der Waals surface area contributed by atoms with Gasteiger partial charge in [-0.3, -0.25) is 4.79 Å². The van der Waals surface area contributed by atoms with Crippen molar-refractivity contribution in [3.8, 4) is 5.75 Å². The number of alkyl halides is 3. The first-order valence-electron chi connectivity index (χ1n) is 7.86. The fraction of sp³-hybridized carbons (Fsp3) is 0.562. The summed E-state index contributed by atoms with van der Waals surface area (Å²) in [6.07, 6.45) is -5.70. The Hall–Kier alpha value is -1.77. The highest BCUT2D eigenvalue weighted by atomic mass is 32.2. The molecular formula is C16H20F3NO4S. The van der Waals surface area contributed by atoms with Gasteiger partial charge in [0.05, 0.1) is 23.7 Å². The summed E-state index contributed by atoms with van der Waals surface area (Å²) >= 11 is 0. The Morgan fingerprint density at radius 2 is 1.76 bits per heavy atom. The number of ether oxygens (including phenoxy) is 1. The predicted molar refractivity (Wildman–Crippen MR) is 85.1 cm³/mol. The summed E-state index contributed by atoms with van der Waals surface area (Å²) < 4.78 is 66.8. The highest BCUT2D eigenvalue weighted by Crippen LogP contribution is 2.27. The van der Waals surface area contributed by atoms with E-state index in [-0.39, 0.29) is 30.8 Å². The van der Waals surface area contributed by atoms with Crippen LogP contribution in [0.2, 0.25) is 0 Å². The quantitative estimate of drug-likeness (QED) is 0.789. The zero-order chi connectivity index (χ0) is 18.7. The number of benzene rings is 1. The van der Waals surface area contributed by atoms with Gasteiger partial charge in [0, 0.05) is 19.5 Å². The largest absolute Gasteiger partial charge is 0.497 e. The maximum atomic E-state index is 12.6. The van der Waals surface area contributed by atoms with Crippen molar-refractivity contribution in [2.75, 3.05) is 20.2 Å². The van der Waals surface area contributed by atoms with Gasteiger partial charge in [-0.05, 0) is 37.1 Å². The summed E-state index contributed by atoms with van der Waals surface area (Å²) in [7, 11) is -2.06. The van der Waals surface area contributed by atoms with Crippen molar-refractivity contribution in [2.24, 2.45) is 0 Å². The van der Waals surface area contributed by atoms with Crippen LogP contribution in [-0.4, -0.2) is 50.9 Å². The fourth-order valence-corrected chi connectivity index (χ4v) is 4.51. The monoisotopic (exact) mass is 379 g/mol. The van der Waals surface area contributed by atoms with Gasteiger partial charge < -0.3 is 9.64 Å². The van der Waals surface area contributed by atoms with E-state index in [4.69, 9.17) is 4.74 Å². The van der Waals surface area contributed by atoms with E-state index in [0.717, 1.165) is 0 Å². The molecule has 1 amide bonds. The third-order valence-corrected chi connectivity index (χ3v) is 6.52. The predicted octanol–water partition coefficient (Wildman–Crippen LogP) is 2.80. The molecule has 0 bridgehead atoms. The number of hydrogen-bond acceptors (Lipinski definition) is 4. The second-order valence-corrected chi connectivity index (χ2v) is 8.14. The number of likely N-dealkylation sites (tertiary alicyclic amines) is 1. The topological polar surface area (TPSA) is 63.7 Å². The number of amides is 1. The smallest absolute Gasteiger partial charge is 0.389 e. The summed E-state index contributed by atoms with van der Waals surface area (Å²) in [6, 6.07) is 6.05. The molecule has 1 aromatic carbocycles. The van der Waals surface area contributed by atoms with Crippen LogP contribution in [0.5, 0.6) is 5.75 Å². The summed E-state index contributed by atoms with van der Waals surface area (Å²) in [5.74, 6) is -0.0401. The number of halogens is 3. The van der Waals surface area contributed by atoms with Gasteiger partial charge in [-0.2, -0.15) is 13.2 Å². The molecule has 0 aromatic heterocycles. The molecule has 0 unspecified atom stereocenters. The van der Waals surface area contributed by atoms with Crippen LogP contribution in [0, 0.1) is 0 Å². The molecule has 0 N–H and O–H groups in total. The van der Waals surface area contributed by atoms with E-state index >= 15 is 0 Å². The molecule has 9 heteroatoms. The maximum Gasteiger partial charge on any atom is 0.389 e. The molecule has 0 saturated carbocycles. The van der Waals surface area contributed by atoms with Crippen molar-refractivity contribution in [1.29, 1.82) is 0 Å². The third-order valence-electron chi connectivity index (χ3n) is 4.24. The highest BCUT2D eigenvalue weighted by molar-refractivity contribution is 7.92. The van der Waals surface area contributed by atoms with Crippen LogP contribution < -0.4 is 4.74 Å². The van der Waals surface area contributed by atoms with Crippen molar-refractivity contribution in [1.82, 2.24) is 4.90 Å². The number of sulfone groups is 1. The summed E-state index contributed by atoms with van der Waals surface area (Å²) in [5.41, 5.74) is 0. The average molecular weight is 379 g/mol. The lowest BCUT2D eigenvalue weighted by molar-refractivity contribution is -0.149. The van der Waals surface area contributed by atoms with Crippen molar-refractivity contribution in [2.45, 2.75) is 42.0 Å². The molecule has 1 saturated heterocycles. The van der Waals surface area contributed by atoms with E-state index < -0.39 is 40.0 Å². The minimum Gasteiger partial charge on any atom is -0.497 e. The summed E-state index contributed by atoms with van der Waals surface area (Å²) in [4.78, 5) is 13.3. The maximum absolute atomic E-state index is 12.6. The Morgan fingerprint density at radius 3 is 2.24 bits per heavy atom. The van der Waals surface area contributed by atoms with Crippen molar-refractivity contribution in [3.63, 3.8) is 0 Å². The van der Waals surface area contributed by atoms with Crippen LogP contribution in [0.3, 0.4) is 0 Å². The first-order chi connectivity index (χ1) is 11.6. The number of methoxy groups -OCH3 is 1. The molecule has 25 heavy (non-hydrogen) atoms. The van der Waals surface area contributed by atoms with Gasteiger partial charge in [0.25, 0.3) is 0 Å². The van der Waals surface area contributed by atoms with Crippen LogP contribution in [-0.2, 0) is 14.6 Å². The molecule has 1 aromatic rings. The average Bonchev–Trinajstić information content (AvgIpc) is 2.59. The highest BCUT2D eigenvalue weighted by Gasteiger charge is 2.34. The molecule has 0 radical (unpaired) electrons. The second-order valence-electron chi connectivity index (χ2n) is 5.92. The number of rotatable bonds is 5. The fourth-order valence-electron chi connectivity index (χ4n) is 2.78.